The number of fused-ring (bicyclic) bond motifs is 1. The predicted molar refractivity (Wildman–Crippen MR) is 266 cm³/mol. The summed E-state index contributed by atoms with van der Waals surface area (Å²) in [7, 11) is 0. The molecule has 4 nitrogen and oxygen atoms in total. The van der Waals surface area contributed by atoms with Crippen molar-refractivity contribution in [1.29, 1.82) is 0 Å². The van der Waals surface area contributed by atoms with Gasteiger partial charge in [-0.1, -0.05) is 179 Å². The van der Waals surface area contributed by atoms with Crippen molar-refractivity contribution >= 4 is 11.0 Å². The summed E-state index contributed by atoms with van der Waals surface area (Å²) in [5.41, 5.74) is 0.698. The Hall–Kier alpha value is -5.57. The maximum atomic E-state index is 12.3. The molecule has 1 N–H and O–H groups in total. The number of para-hydroxylation sites is 1. The number of phenols is 1. The zero-order chi connectivity index (χ0) is 59.5. The summed E-state index contributed by atoms with van der Waals surface area (Å²) < 4.78 is 150. The van der Waals surface area contributed by atoms with Gasteiger partial charge in [0.15, 0.2) is 0 Å². The monoisotopic (exact) mass is 1040 g/mol. The number of nitrogens with zero attached hydrogens (tertiary/aromatic N) is 3. The molecule has 0 amide bonds. The molecule has 6 aromatic carbocycles. The smallest absolute Gasteiger partial charge is 0.148 e. The molecule has 0 fully saturated rings. The molecule has 0 atom stereocenters. The third-order valence-corrected chi connectivity index (χ3v) is 11.4. The molecule has 0 radical (unpaired) electrons. The van der Waals surface area contributed by atoms with Gasteiger partial charge in [-0.3, -0.25) is 9.55 Å². The summed E-state index contributed by atoms with van der Waals surface area (Å²) >= 11 is 0. The molecule has 2 aromatic heterocycles. The average Bonchev–Trinajstić information content (AvgIpc) is 3.90. The Bertz CT molecular complexity index is 3690. The molecule has 0 aliphatic rings. The van der Waals surface area contributed by atoms with Crippen molar-refractivity contribution in [2.75, 3.05) is 0 Å². The van der Waals surface area contributed by atoms with Crippen LogP contribution in [0.5, 0.6) is 5.75 Å². The standard InChI is InChI=1S/C59H62N3O.Pt/c1-36(2)42-32-51(38(5)6)56(63)52(33-42)57-61-55-49(19-16-20-54(55)62(57)47-25-26-48(50(35-47)37(3)4)40-17-14-13-15-18-40)43-29-44(31-46(30-43)59(10,11)12)53-34-41(27-28-60-53)39-21-23-45(24-22-39)58(7,8)9;/h13-28,30-38,63H,1-12H3;/q-1;/i7D3,8D3,9D3,21D,22D,23D,24D,27D,28D,34D,37D;. The number of imidazole rings is 1. The predicted octanol–water partition coefficient (Wildman–Crippen LogP) is 16.2. The van der Waals surface area contributed by atoms with E-state index in [0.717, 1.165) is 27.8 Å². The van der Waals surface area contributed by atoms with Crippen LogP contribution in [0.15, 0.2) is 133 Å². The zero-order valence-corrected chi connectivity index (χ0v) is 39.7. The second-order valence-corrected chi connectivity index (χ2v) is 18.0. The third-order valence-electron chi connectivity index (χ3n) is 11.4. The first kappa shape index (κ1) is 29.1. The van der Waals surface area contributed by atoms with E-state index in [-0.39, 0.29) is 49.9 Å². The van der Waals surface area contributed by atoms with Gasteiger partial charge in [0.05, 0.1) is 26.2 Å². The van der Waals surface area contributed by atoms with Crippen LogP contribution in [0.25, 0.3) is 72.7 Å². The first-order chi connectivity index (χ1) is 36.9. The van der Waals surface area contributed by atoms with Crippen LogP contribution in [0.2, 0.25) is 0 Å². The van der Waals surface area contributed by atoms with Gasteiger partial charge >= 0.3 is 0 Å². The van der Waals surface area contributed by atoms with Gasteiger partial charge in [0, 0.05) is 52.3 Å². The fraction of sp³-hybridized carbons (Fsp3) is 0.288. The van der Waals surface area contributed by atoms with E-state index >= 15 is 0 Å². The van der Waals surface area contributed by atoms with Crippen LogP contribution >= 0.6 is 0 Å². The number of hydrogen-bond donors (Lipinski definition) is 1. The molecule has 5 heteroatoms. The quantitative estimate of drug-likeness (QED) is 0.147. The molecular weight excluding hydrogens is 962 g/mol. The van der Waals surface area contributed by atoms with E-state index in [1.54, 1.807) is 6.07 Å². The van der Waals surface area contributed by atoms with Crippen molar-refractivity contribution in [1.82, 2.24) is 14.5 Å². The SMILES string of the molecule is [2H]c1nc(-c2[c-]c(-c3cccc4c3nc(-c3cc(C(C)C)cc(C(C)C)c3O)n4-c3ccc(-c4ccccc4)c(C([2H])(C)C)c3)cc(C(C)(C)C)c2)c([2H])c(-c2c([2H])c([2H])c(C(C([2H])([2H])[2H])(C([2H])([2H])[2H])C([2H])([2H])[2H])c([2H])c2[2H])c1[2H].[Pt]. The Labute approximate surface area is 420 Å². The van der Waals surface area contributed by atoms with Crippen molar-refractivity contribution in [3.05, 3.63) is 167 Å². The summed E-state index contributed by atoms with van der Waals surface area (Å²) in [5, 5.41) is 12.3. The Morgan fingerprint density at radius 1 is 0.672 bits per heavy atom. The number of hydrogen-bond acceptors (Lipinski definition) is 3. The number of aromatic hydroxyl groups is 1. The molecule has 0 saturated heterocycles. The Morgan fingerprint density at radius 3 is 2.05 bits per heavy atom. The van der Waals surface area contributed by atoms with Gasteiger partial charge in [0.2, 0.25) is 0 Å². The Morgan fingerprint density at radius 2 is 1.39 bits per heavy atom. The van der Waals surface area contributed by atoms with Crippen LogP contribution < -0.4 is 0 Å². The van der Waals surface area contributed by atoms with E-state index in [2.05, 4.69) is 24.9 Å². The van der Waals surface area contributed by atoms with Crippen molar-refractivity contribution in [3.63, 3.8) is 0 Å². The van der Waals surface area contributed by atoms with Crippen LogP contribution in [-0.2, 0) is 31.9 Å². The van der Waals surface area contributed by atoms with E-state index in [9.17, 15) is 7.85 Å². The van der Waals surface area contributed by atoms with E-state index in [1.165, 1.54) is 0 Å². The fourth-order valence-electron chi connectivity index (χ4n) is 7.81. The van der Waals surface area contributed by atoms with Crippen molar-refractivity contribution in [2.24, 2.45) is 0 Å². The van der Waals surface area contributed by atoms with Gasteiger partial charge in [-0.15, -0.1) is 29.3 Å². The van der Waals surface area contributed by atoms with Crippen LogP contribution in [0.4, 0.5) is 0 Å². The Balaban J connectivity index is 0.00000946. The van der Waals surface area contributed by atoms with Crippen LogP contribution in [-0.4, -0.2) is 19.6 Å². The van der Waals surface area contributed by atoms with Gasteiger partial charge in [-0.2, -0.15) is 0 Å². The molecule has 8 rings (SSSR count). The summed E-state index contributed by atoms with van der Waals surface area (Å²) in [6.07, 6.45) is -0.756. The minimum absolute atomic E-state index is 0. The van der Waals surface area contributed by atoms with Gasteiger partial charge in [-0.25, -0.2) is 4.98 Å². The molecule has 2 heterocycles. The molecular formula is C59H62N3OPt-. The molecule has 0 aliphatic heterocycles. The summed E-state index contributed by atoms with van der Waals surface area (Å²) in [6, 6.07) is 26.0. The van der Waals surface area contributed by atoms with Gasteiger partial charge in [0.1, 0.15) is 11.6 Å². The zero-order valence-electron chi connectivity index (χ0n) is 54.4. The Kier molecular flexibility index (Phi) is 8.23. The summed E-state index contributed by atoms with van der Waals surface area (Å²) in [4.78, 5) is 9.79. The molecule has 330 valence electrons. The van der Waals surface area contributed by atoms with Gasteiger partial charge < -0.3 is 5.11 Å². The van der Waals surface area contributed by atoms with Gasteiger partial charge in [-0.05, 0) is 103 Å². The molecule has 64 heavy (non-hydrogen) atoms. The largest absolute Gasteiger partial charge is 0.507 e. The van der Waals surface area contributed by atoms with E-state index in [4.69, 9.17) is 25.5 Å². The maximum absolute atomic E-state index is 12.3. The van der Waals surface area contributed by atoms with Crippen molar-refractivity contribution < 1.29 is 49.5 Å². The molecule has 0 saturated carbocycles. The number of rotatable bonds is 9. The average molecular weight is 1040 g/mol. The molecule has 8 aromatic rings. The molecule has 0 aliphatic carbocycles. The third kappa shape index (κ3) is 9.18. The summed E-state index contributed by atoms with van der Waals surface area (Å²) in [6.45, 7) is 5.91. The van der Waals surface area contributed by atoms with E-state index in [1.807, 2.05) is 138 Å². The van der Waals surface area contributed by atoms with Crippen LogP contribution in [0, 0.1) is 6.07 Å². The second-order valence-electron chi connectivity index (χ2n) is 18.0. The fourth-order valence-corrected chi connectivity index (χ4v) is 7.81. The van der Waals surface area contributed by atoms with Crippen molar-refractivity contribution in [3.8, 4) is 67.5 Å². The van der Waals surface area contributed by atoms with Crippen LogP contribution in [0.1, 0.15) is 152 Å². The first-order valence-corrected chi connectivity index (χ1v) is 21.1. The number of aromatic nitrogens is 3. The molecule has 0 bridgehead atoms. The van der Waals surface area contributed by atoms with E-state index in [0.29, 0.717) is 44.8 Å². The number of phenolic OH excluding ortho intramolecular Hbond substituents is 1. The topological polar surface area (TPSA) is 50.9 Å². The number of pyridine rings is 1. The maximum Gasteiger partial charge on any atom is 0.148 e. The first-order valence-electron chi connectivity index (χ1n) is 29.6. The molecule has 0 spiro atoms. The van der Waals surface area contributed by atoms with Crippen molar-refractivity contribution in [2.45, 2.75) is 111 Å². The number of benzene rings is 6. The van der Waals surface area contributed by atoms with Crippen LogP contribution in [0.3, 0.4) is 0 Å². The molecule has 0 unspecified atom stereocenters. The normalized spacial score (nSPS) is 16.7. The minimum Gasteiger partial charge on any atom is -0.507 e. The second kappa shape index (κ2) is 18.1. The summed E-state index contributed by atoms with van der Waals surface area (Å²) in [5.74, 6) is -0.590. The minimum atomic E-state index is -3.93. The van der Waals surface area contributed by atoms with Gasteiger partial charge in [0.25, 0.3) is 0 Å². The van der Waals surface area contributed by atoms with E-state index < -0.39 is 96.4 Å².